The highest BCUT2D eigenvalue weighted by molar-refractivity contribution is 5.29. The molecule has 0 aromatic heterocycles. The van der Waals surface area contributed by atoms with Crippen LogP contribution in [0, 0.1) is 12.7 Å². The molecule has 1 rings (SSSR count). The Morgan fingerprint density at radius 2 is 2.13 bits per heavy atom. The number of aryl methyl sites for hydroxylation is 1. The molecule has 0 radical (unpaired) electrons. The first-order chi connectivity index (χ1) is 7.15. The SMILES string of the molecule is CCNCCC(C)c1ccc(F)cc1C. The van der Waals surface area contributed by atoms with Crippen LogP contribution in [0.15, 0.2) is 18.2 Å². The predicted molar refractivity (Wildman–Crippen MR) is 62.7 cm³/mol. The Labute approximate surface area is 91.7 Å². The Balaban J connectivity index is 2.61. The summed E-state index contributed by atoms with van der Waals surface area (Å²) in [4.78, 5) is 0. The zero-order valence-corrected chi connectivity index (χ0v) is 9.81. The van der Waals surface area contributed by atoms with Crippen molar-refractivity contribution < 1.29 is 4.39 Å². The van der Waals surface area contributed by atoms with Crippen molar-refractivity contribution in [2.75, 3.05) is 13.1 Å². The highest BCUT2D eigenvalue weighted by Gasteiger charge is 2.08. The number of halogens is 1. The molecule has 0 heterocycles. The van der Waals surface area contributed by atoms with Crippen molar-refractivity contribution in [3.05, 3.63) is 35.1 Å². The summed E-state index contributed by atoms with van der Waals surface area (Å²) in [5.74, 6) is 0.347. The molecule has 0 saturated heterocycles. The molecule has 0 saturated carbocycles. The van der Waals surface area contributed by atoms with E-state index in [1.807, 2.05) is 13.0 Å². The van der Waals surface area contributed by atoms with Crippen LogP contribution in [0.1, 0.15) is 37.3 Å². The van der Waals surface area contributed by atoms with Crippen LogP contribution in [-0.4, -0.2) is 13.1 Å². The third-order valence-electron chi connectivity index (χ3n) is 2.77. The van der Waals surface area contributed by atoms with Crippen molar-refractivity contribution in [2.24, 2.45) is 0 Å². The number of rotatable bonds is 5. The molecule has 0 aliphatic heterocycles. The third-order valence-corrected chi connectivity index (χ3v) is 2.77. The molecule has 1 N–H and O–H groups in total. The van der Waals surface area contributed by atoms with Crippen LogP contribution in [0.5, 0.6) is 0 Å². The van der Waals surface area contributed by atoms with Gasteiger partial charge in [0.05, 0.1) is 0 Å². The average Bonchev–Trinajstić information content (AvgIpc) is 2.17. The Hall–Kier alpha value is -0.890. The van der Waals surface area contributed by atoms with Crippen molar-refractivity contribution >= 4 is 0 Å². The second kappa shape index (κ2) is 5.86. The lowest BCUT2D eigenvalue weighted by Crippen LogP contribution is -2.16. The molecule has 2 heteroatoms. The fourth-order valence-corrected chi connectivity index (χ4v) is 1.84. The molecule has 1 unspecified atom stereocenters. The van der Waals surface area contributed by atoms with Gasteiger partial charge in [-0.05, 0) is 55.6 Å². The minimum absolute atomic E-state index is 0.143. The molecule has 0 bridgehead atoms. The Morgan fingerprint density at radius 1 is 1.40 bits per heavy atom. The van der Waals surface area contributed by atoms with Gasteiger partial charge < -0.3 is 5.32 Å². The normalized spacial score (nSPS) is 12.8. The maximum atomic E-state index is 12.9. The lowest BCUT2D eigenvalue weighted by atomic mass is 9.94. The fourth-order valence-electron chi connectivity index (χ4n) is 1.84. The van der Waals surface area contributed by atoms with Gasteiger partial charge in [-0.15, -0.1) is 0 Å². The van der Waals surface area contributed by atoms with Crippen LogP contribution in [0.3, 0.4) is 0 Å². The quantitative estimate of drug-likeness (QED) is 0.734. The van der Waals surface area contributed by atoms with E-state index in [0.29, 0.717) is 5.92 Å². The minimum Gasteiger partial charge on any atom is -0.317 e. The van der Waals surface area contributed by atoms with Crippen LogP contribution in [0.25, 0.3) is 0 Å². The largest absolute Gasteiger partial charge is 0.317 e. The van der Waals surface area contributed by atoms with E-state index < -0.39 is 0 Å². The summed E-state index contributed by atoms with van der Waals surface area (Å²) in [5, 5.41) is 3.31. The van der Waals surface area contributed by atoms with Crippen molar-refractivity contribution in [2.45, 2.75) is 33.1 Å². The van der Waals surface area contributed by atoms with E-state index in [1.54, 1.807) is 12.1 Å². The molecular weight excluding hydrogens is 189 g/mol. The average molecular weight is 209 g/mol. The predicted octanol–water partition coefficient (Wildman–Crippen LogP) is 3.24. The van der Waals surface area contributed by atoms with Crippen LogP contribution < -0.4 is 5.32 Å². The smallest absolute Gasteiger partial charge is 0.123 e. The third kappa shape index (κ3) is 3.63. The Morgan fingerprint density at radius 3 is 2.73 bits per heavy atom. The maximum absolute atomic E-state index is 12.9. The molecule has 0 fully saturated rings. The number of benzene rings is 1. The maximum Gasteiger partial charge on any atom is 0.123 e. The summed E-state index contributed by atoms with van der Waals surface area (Å²) in [5.41, 5.74) is 2.31. The summed E-state index contributed by atoms with van der Waals surface area (Å²) in [6, 6.07) is 5.06. The molecular formula is C13H20FN. The first-order valence-corrected chi connectivity index (χ1v) is 5.62. The van der Waals surface area contributed by atoms with E-state index in [4.69, 9.17) is 0 Å². The van der Waals surface area contributed by atoms with Gasteiger partial charge in [-0.2, -0.15) is 0 Å². The molecule has 1 nitrogen and oxygen atoms in total. The molecule has 0 spiro atoms. The molecule has 1 aromatic carbocycles. The van der Waals surface area contributed by atoms with E-state index in [2.05, 4.69) is 19.2 Å². The molecule has 0 amide bonds. The highest BCUT2D eigenvalue weighted by atomic mass is 19.1. The van der Waals surface area contributed by atoms with E-state index in [0.717, 1.165) is 25.1 Å². The lowest BCUT2D eigenvalue weighted by Gasteiger charge is -2.14. The molecule has 15 heavy (non-hydrogen) atoms. The van der Waals surface area contributed by atoms with Crippen LogP contribution in [0.2, 0.25) is 0 Å². The summed E-state index contributed by atoms with van der Waals surface area (Å²) in [6.07, 6.45) is 1.10. The van der Waals surface area contributed by atoms with Crippen LogP contribution in [-0.2, 0) is 0 Å². The monoisotopic (exact) mass is 209 g/mol. The second-order valence-corrected chi connectivity index (χ2v) is 4.04. The van der Waals surface area contributed by atoms with Gasteiger partial charge in [-0.3, -0.25) is 0 Å². The van der Waals surface area contributed by atoms with Crippen LogP contribution in [0.4, 0.5) is 4.39 Å². The topological polar surface area (TPSA) is 12.0 Å². The Bertz CT molecular complexity index is 309. The standard InChI is InChI=1S/C13H20FN/c1-4-15-8-7-10(2)13-6-5-12(14)9-11(13)3/h5-6,9-10,15H,4,7-8H2,1-3H3. The summed E-state index contributed by atoms with van der Waals surface area (Å²) < 4.78 is 12.9. The highest BCUT2D eigenvalue weighted by Crippen LogP contribution is 2.22. The lowest BCUT2D eigenvalue weighted by molar-refractivity contribution is 0.600. The van der Waals surface area contributed by atoms with Gasteiger partial charge in [0.25, 0.3) is 0 Å². The zero-order valence-electron chi connectivity index (χ0n) is 9.81. The summed E-state index contributed by atoms with van der Waals surface area (Å²) in [7, 11) is 0. The fraction of sp³-hybridized carbons (Fsp3) is 0.538. The zero-order chi connectivity index (χ0) is 11.3. The molecule has 0 aliphatic rings. The first-order valence-electron chi connectivity index (χ1n) is 5.62. The molecule has 84 valence electrons. The van der Waals surface area contributed by atoms with E-state index >= 15 is 0 Å². The number of nitrogens with one attached hydrogen (secondary N) is 1. The number of hydrogen-bond donors (Lipinski definition) is 1. The van der Waals surface area contributed by atoms with Crippen molar-refractivity contribution in [3.8, 4) is 0 Å². The summed E-state index contributed by atoms with van der Waals surface area (Å²) in [6.45, 7) is 8.30. The van der Waals surface area contributed by atoms with Gasteiger partial charge >= 0.3 is 0 Å². The summed E-state index contributed by atoms with van der Waals surface area (Å²) >= 11 is 0. The molecule has 0 aliphatic carbocycles. The molecule has 1 atom stereocenters. The van der Waals surface area contributed by atoms with Crippen molar-refractivity contribution in [3.63, 3.8) is 0 Å². The van der Waals surface area contributed by atoms with E-state index in [9.17, 15) is 4.39 Å². The van der Waals surface area contributed by atoms with Crippen molar-refractivity contribution in [1.82, 2.24) is 5.32 Å². The number of hydrogen-bond acceptors (Lipinski definition) is 1. The minimum atomic E-state index is -0.143. The first kappa shape index (κ1) is 12.2. The van der Waals surface area contributed by atoms with Gasteiger partial charge in [-0.1, -0.05) is 19.9 Å². The van der Waals surface area contributed by atoms with Crippen molar-refractivity contribution in [1.29, 1.82) is 0 Å². The van der Waals surface area contributed by atoms with Gasteiger partial charge in [0.15, 0.2) is 0 Å². The van der Waals surface area contributed by atoms with E-state index in [-0.39, 0.29) is 5.82 Å². The second-order valence-electron chi connectivity index (χ2n) is 4.04. The molecule has 1 aromatic rings. The van der Waals surface area contributed by atoms with Gasteiger partial charge in [0.2, 0.25) is 0 Å². The van der Waals surface area contributed by atoms with Gasteiger partial charge in [-0.25, -0.2) is 4.39 Å². The Kier molecular flexibility index (Phi) is 4.76. The van der Waals surface area contributed by atoms with Gasteiger partial charge in [0.1, 0.15) is 5.82 Å². The van der Waals surface area contributed by atoms with E-state index in [1.165, 1.54) is 5.56 Å². The van der Waals surface area contributed by atoms with Gasteiger partial charge in [0, 0.05) is 0 Å². The van der Waals surface area contributed by atoms with Crippen LogP contribution >= 0.6 is 0 Å².